The molecule has 0 aromatic carbocycles. The van der Waals surface area contributed by atoms with Gasteiger partial charge in [-0.25, -0.2) is 9.97 Å². The Morgan fingerprint density at radius 2 is 2.22 bits per heavy atom. The molecule has 1 aliphatic carbocycles. The molecule has 0 amide bonds. The summed E-state index contributed by atoms with van der Waals surface area (Å²) >= 11 is 0. The number of rotatable bonds is 3. The summed E-state index contributed by atoms with van der Waals surface area (Å²) in [5.74, 6) is 1.46. The Kier molecular flexibility index (Phi) is 3.71. The van der Waals surface area contributed by atoms with Gasteiger partial charge in [-0.2, -0.15) is 0 Å². The average molecular weight is 247 g/mol. The minimum Gasteiger partial charge on any atom is -0.313 e. The smallest absolute Gasteiger partial charge is 0.131 e. The van der Waals surface area contributed by atoms with E-state index >= 15 is 0 Å². The zero-order valence-electron chi connectivity index (χ0n) is 12.2. The van der Waals surface area contributed by atoms with Crippen molar-refractivity contribution in [1.29, 1.82) is 0 Å². The first kappa shape index (κ1) is 13.5. The van der Waals surface area contributed by atoms with Crippen molar-refractivity contribution in [1.82, 2.24) is 15.3 Å². The largest absolute Gasteiger partial charge is 0.313 e. The van der Waals surface area contributed by atoms with E-state index in [0.29, 0.717) is 17.4 Å². The van der Waals surface area contributed by atoms with E-state index in [0.717, 1.165) is 25.1 Å². The van der Waals surface area contributed by atoms with Gasteiger partial charge >= 0.3 is 0 Å². The molecule has 100 valence electrons. The van der Waals surface area contributed by atoms with Crippen LogP contribution in [-0.4, -0.2) is 17.0 Å². The molecule has 1 N–H and O–H groups in total. The lowest BCUT2D eigenvalue weighted by molar-refractivity contribution is 0.259. The fraction of sp³-hybridized carbons (Fsp3) is 0.733. The van der Waals surface area contributed by atoms with E-state index in [1.165, 1.54) is 11.3 Å². The summed E-state index contributed by atoms with van der Waals surface area (Å²) in [6, 6.07) is 0.398. The SMILES string of the molecule is CCC(C)c1ncc2c(n1)CC(C)(C)CC2NC. The van der Waals surface area contributed by atoms with E-state index in [1.807, 2.05) is 13.2 Å². The zero-order valence-corrected chi connectivity index (χ0v) is 12.2. The van der Waals surface area contributed by atoms with Gasteiger partial charge in [0.05, 0.1) is 0 Å². The number of hydrogen-bond acceptors (Lipinski definition) is 3. The molecule has 3 nitrogen and oxygen atoms in total. The van der Waals surface area contributed by atoms with Crippen LogP contribution in [0.25, 0.3) is 0 Å². The first-order valence-electron chi connectivity index (χ1n) is 7.00. The molecule has 0 bridgehead atoms. The van der Waals surface area contributed by atoms with Gasteiger partial charge in [0, 0.05) is 29.4 Å². The standard InChI is InChI=1S/C15H25N3/c1-6-10(2)14-17-9-11-12(16-5)7-15(3,4)8-13(11)18-14/h9-10,12,16H,6-8H2,1-5H3. The van der Waals surface area contributed by atoms with Gasteiger partial charge in [0.25, 0.3) is 0 Å². The van der Waals surface area contributed by atoms with Gasteiger partial charge in [-0.3, -0.25) is 0 Å². The monoisotopic (exact) mass is 247 g/mol. The molecule has 1 aromatic heterocycles. The summed E-state index contributed by atoms with van der Waals surface area (Å²) < 4.78 is 0. The summed E-state index contributed by atoms with van der Waals surface area (Å²) in [6.45, 7) is 9.04. The van der Waals surface area contributed by atoms with Gasteiger partial charge in [-0.05, 0) is 31.7 Å². The molecule has 18 heavy (non-hydrogen) atoms. The van der Waals surface area contributed by atoms with Crippen LogP contribution in [0.2, 0.25) is 0 Å². The molecule has 0 spiro atoms. The molecule has 3 heteroatoms. The summed E-state index contributed by atoms with van der Waals surface area (Å²) in [7, 11) is 2.03. The van der Waals surface area contributed by atoms with Crippen molar-refractivity contribution in [2.45, 2.75) is 58.9 Å². The highest BCUT2D eigenvalue weighted by Gasteiger charge is 2.33. The zero-order chi connectivity index (χ0) is 13.3. The molecular weight excluding hydrogens is 222 g/mol. The predicted molar refractivity (Wildman–Crippen MR) is 74.6 cm³/mol. The average Bonchev–Trinajstić information content (AvgIpc) is 2.34. The van der Waals surface area contributed by atoms with Crippen LogP contribution in [0.5, 0.6) is 0 Å². The van der Waals surface area contributed by atoms with Crippen LogP contribution in [0.1, 0.15) is 69.6 Å². The lowest BCUT2D eigenvalue weighted by Gasteiger charge is -2.36. The lowest BCUT2D eigenvalue weighted by atomic mass is 9.74. The normalized spacial score (nSPS) is 23.5. The number of hydrogen-bond donors (Lipinski definition) is 1. The van der Waals surface area contributed by atoms with Gasteiger partial charge in [-0.15, -0.1) is 0 Å². The number of aromatic nitrogens is 2. The van der Waals surface area contributed by atoms with E-state index in [-0.39, 0.29) is 0 Å². The molecule has 0 radical (unpaired) electrons. The molecule has 1 aromatic rings. The summed E-state index contributed by atoms with van der Waals surface area (Å²) in [5.41, 5.74) is 2.86. The van der Waals surface area contributed by atoms with Crippen LogP contribution in [0.4, 0.5) is 0 Å². The second kappa shape index (κ2) is 4.96. The van der Waals surface area contributed by atoms with E-state index in [9.17, 15) is 0 Å². The Labute approximate surface area is 110 Å². The molecule has 0 aliphatic heterocycles. The van der Waals surface area contributed by atoms with Crippen molar-refractivity contribution in [3.63, 3.8) is 0 Å². The maximum atomic E-state index is 4.83. The van der Waals surface area contributed by atoms with Gasteiger partial charge < -0.3 is 5.32 Å². The molecule has 1 heterocycles. The number of nitrogens with one attached hydrogen (secondary N) is 1. The van der Waals surface area contributed by atoms with Crippen LogP contribution >= 0.6 is 0 Å². The van der Waals surface area contributed by atoms with Gasteiger partial charge in [0.15, 0.2) is 0 Å². The van der Waals surface area contributed by atoms with E-state index in [1.54, 1.807) is 0 Å². The second-order valence-corrected chi connectivity index (χ2v) is 6.33. The minimum atomic E-state index is 0.321. The molecular formula is C15H25N3. The Bertz CT molecular complexity index is 426. The van der Waals surface area contributed by atoms with Crippen LogP contribution in [-0.2, 0) is 6.42 Å². The predicted octanol–water partition coefficient (Wildman–Crippen LogP) is 3.22. The Hall–Kier alpha value is -0.960. The molecule has 1 aliphatic rings. The molecule has 0 fully saturated rings. The molecule has 2 rings (SSSR count). The Balaban J connectivity index is 2.39. The first-order valence-corrected chi connectivity index (χ1v) is 7.00. The van der Waals surface area contributed by atoms with Gasteiger partial charge in [0.1, 0.15) is 5.82 Å². The van der Waals surface area contributed by atoms with E-state index in [4.69, 9.17) is 4.98 Å². The van der Waals surface area contributed by atoms with Crippen molar-refractivity contribution in [2.24, 2.45) is 5.41 Å². The minimum absolute atomic E-state index is 0.321. The van der Waals surface area contributed by atoms with Gasteiger partial charge in [-0.1, -0.05) is 27.7 Å². The van der Waals surface area contributed by atoms with Crippen LogP contribution in [0, 0.1) is 5.41 Å². The Morgan fingerprint density at radius 1 is 1.50 bits per heavy atom. The quantitative estimate of drug-likeness (QED) is 0.891. The third kappa shape index (κ3) is 2.56. The molecule has 0 saturated heterocycles. The fourth-order valence-electron chi connectivity index (χ4n) is 2.74. The van der Waals surface area contributed by atoms with E-state index < -0.39 is 0 Å². The van der Waals surface area contributed by atoms with Crippen molar-refractivity contribution in [3.05, 3.63) is 23.3 Å². The third-order valence-electron chi connectivity index (χ3n) is 4.10. The third-order valence-corrected chi connectivity index (χ3v) is 4.10. The van der Waals surface area contributed by atoms with Gasteiger partial charge in [0.2, 0.25) is 0 Å². The molecule has 0 saturated carbocycles. The summed E-state index contributed by atoms with van der Waals surface area (Å²) in [5, 5.41) is 3.40. The highest BCUT2D eigenvalue weighted by Crippen LogP contribution is 2.39. The highest BCUT2D eigenvalue weighted by atomic mass is 14.9. The molecule has 2 atom stereocenters. The Morgan fingerprint density at radius 3 is 2.83 bits per heavy atom. The first-order chi connectivity index (χ1) is 8.46. The number of fused-ring (bicyclic) bond motifs is 1. The maximum Gasteiger partial charge on any atom is 0.131 e. The lowest BCUT2D eigenvalue weighted by Crippen LogP contribution is -2.33. The fourth-order valence-corrected chi connectivity index (χ4v) is 2.74. The van der Waals surface area contributed by atoms with Crippen molar-refractivity contribution < 1.29 is 0 Å². The summed E-state index contributed by atoms with van der Waals surface area (Å²) in [4.78, 5) is 9.38. The van der Waals surface area contributed by atoms with Crippen molar-refractivity contribution in [2.75, 3.05) is 7.05 Å². The molecule has 2 unspecified atom stereocenters. The van der Waals surface area contributed by atoms with Crippen molar-refractivity contribution >= 4 is 0 Å². The van der Waals surface area contributed by atoms with E-state index in [2.05, 4.69) is 38.0 Å². The topological polar surface area (TPSA) is 37.8 Å². The van der Waals surface area contributed by atoms with Crippen LogP contribution in [0.15, 0.2) is 6.20 Å². The highest BCUT2D eigenvalue weighted by molar-refractivity contribution is 5.27. The second-order valence-electron chi connectivity index (χ2n) is 6.33. The van der Waals surface area contributed by atoms with Crippen LogP contribution < -0.4 is 5.32 Å². The summed E-state index contributed by atoms with van der Waals surface area (Å²) in [6.07, 6.45) is 5.35. The van der Waals surface area contributed by atoms with Crippen molar-refractivity contribution in [3.8, 4) is 0 Å². The maximum absolute atomic E-state index is 4.83. The number of nitrogens with zero attached hydrogens (tertiary/aromatic N) is 2. The van der Waals surface area contributed by atoms with Crippen LogP contribution in [0.3, 0.4) is 0 Å².